The molecule has 1 aromatic rings. The van der Waals surface area contributed by atoms with Crippen molar-refractivity contribution < 1.29 is 19.5 Å². The van der Waals surface area contributed by atoms with Crippen LogP contribution in [0.1, 0.15) is 19.3 Å². The monoisotopic (exact) mass is 394 g/mol. The van der Waals surface area contributed by atoms with Crippen molar-refractivity contribution in [3.63, 3.8) is 0 Å². The van der Waals surface area contributed by atoms with Crippen LogP contribution in [-0.2, 0) is 14.4 Å². The summed E-state index contributed by atoms with van der Waals surface area (Å²) in [5.41, 5.74) is 0.708. The van der Waals surface area contributed by atoms with Crippen molar-refractivity contribution >= 4 is 39.4 Å². The third-order valence-electron chi connectivity index (χ3n) is 3.91. The van der Waals surface area contributed by atoms with E-state index in [1.807, 2.05) is 18.2 Å². The Morgan fingerprint density at radius 3 is 2.79 bits per heavy atom. The van der Waals surface area contributed by atoms with Crippen molar-refractivity contribution in [3.05, 3.63) is 41.4 Å². The van der Waals surface area contributed by atoms with Gasteiger partial charge in [0.25, 0.3) is 0 Å². The number of aliphatic carboxylic acids is 1. The first kappa shape index (κ1) is 18.2. The van der Waals surface area contributed by atoms with Crippen molar-refractivity contribution in [1.82, 2.24) is 5.32 Å². The molecule has 2 rings (SSSR count). The zero-order valence-corrected chi connectivity index (χ0v) is 14.7. The Bertz CT molecular complexity index is 662. The fourth-order valence-electron chi connectivity index (χ4n) is 2.62. The molecule has 2 amide bonds. The molecule has 0 spiro atoms. The van der Waals surface area contributed by atoms with E-state index in [2.05, 4.69) is 27.8 Å². The average Bonchev–Trinajstić information content (AvgIpc) is 2.93. The summed E-state index contributed by atoms with van der Waals surface area (Å²) >= 11 is 3.40. The zero-order chi connectivity index (χ0) is 17.7. The summed E-state index contributed by atoms with van der Waals surface area (Å²) < 4.78 is 0.772. The molecular weight excluding hydrogens is 376 g/mol. The number of anilines is 1. The summed E-state index contributed by atoms with van der Waals surface area (Å²) in [6, 6.07) is 6.31. The predicted octanol–water partition coefficient (Wildman–Crippen LogP) is 2.34. The van der Waals surface area contributed by atoms with Crippen LogP contribution in [0.15, 0.2) is 41.4 Å². The Kier molecular flexibility index (Phi) is 6.14. The Morgan fingerprint density at radius 1 is 1.46 bits per heavy atom. The van der Waals surface area contributed by atoms with Gasteiger partial charge < -0.3 is 15.3 Å². The summed E-state index contributed by atoms with van der Waals surface area (Å²) in [5, 5.41) is 11.7. The fourth-order valence-corrected chi connectivity index (χ4v) is 3.12. The number of halogens is 1. The Morgan fingerprint density at radius 2 is 2.17 bits per heavy atom. The number of nitrogens with zero attached hydrogens (tertiary/aromatic N) is 1. The Balaban J connectivity index is 2.04. The van der Waals surface area contributed by atoms with Crippen molar-refractivity contribution in [2.45, 2.75) is 25.3 Å². The highest BCUT2D eigenvalue weighted by Gasteiger charge is 2.37. The molecule has 1 aliphatic rings. The van der Waals surface area contributed by atoms with Gasteiger partial charge in [-0.05, 0) is 40.9 Å². The lowest BCUT2D eigenvalue weighted by atomic mass is 10.1. The van der Waals surface area contributed by atoms with E-state index in [4.69, 9.17) is 0 Å². The highest BCUT2D eigenvalue weighted by molar-refractivity contribution is 9.10. The van der Waals surface area contributed by atoms with Crippen molar-refractivity contribution in [1.29, 1.82) is 0 Å². The van der Waals surface area contributed by atoms with Crippen LogP contribution in [0, 0.1) is 5.92 Å². The molecule has 2 N–H and O–H groups in total. The normalized spacial score (nSPS) is 18.3. The maximum absolute atomic E-state index is 12.3. The highest BCUT2D eigenvalue weighted by Crippen LogP contribution is 2.31. The first-order valence-electron chi connectivity index (χ1n) is 7.63. The van der Waals surface area contributed by atoms with Gasteiger partial charge in [0, 0.05) is 17.4 Å². The number of rotatable bonds is 7. The van der Waals surface area contributed by atoms with Crippen LogP contribution in [0.5, 0.6) is 0 Å². The van der Waals surface area contributed by atoms with E-state index in [0.29, 0.717) is 12.1 Å². The maximum Gasteiger partial charge on any atom is 0.326 e. The fraction of sp³-hybridized carbons (Fsp3) is 0.353. The number of amides is 2. The number of para-hydroxylation sites is 1. The van der Waals surface area contributed by atoms with E-state index in [0.717, 1.165) is 4.47 Å². The van der Waals surface area contributed by atoms with E-state index in [9.17, 15) is 19.5 Å². The molecular formula is C17H19BrN2O4. The molecule has 24 heavy (non-hydrogen) atoms. The summed E-state index contributed by atoms with van der Waals surface area (Å²) in [5.74, 6) is -2.21. The number of allylic oxidation sites excluding steroid dienone is 1. The number of carbonyl (C=O) groups is 3. The molecule has 0 aliphatic carbocycles. The first-order chi connectivity index (χ1) is 11.4. The van der Waals surface area contributed by atoms with Crippen LogP contribution in [0.3, 0.4) is 0 Å². The van der Waals surface area contributed by atoms with Gasteiger partial charge in [0.15, 0.2) is 0 Å². The summed E-state index contributed by atoms with van der Waals surface area (Å²) in [6.45, 7) is 3.79. The van der Waals surface area contributed by atoms with Gasteiger partial charge in [0.1, 0.15) is 6.04 Å². The van der Waals surface area contributed by atoms with Gasteiger partial charge in [-0.25, -0.2) is 4.79 Å². The minimum absolute atomic E-state index is 0.0704. The third-order valence-corrected chi connectivity index (χ3v) is 4.58. The zero-order valence-electron chi connectivity index (χ0n) is 13.1. The summed E-state index contributed by atoms with van der Waals surface area (Å²) in [7, 11) is 0. The van der Waals surface area contributed by atoms with Gasteiger partial charge >= 0.3 is 5.97 Å². The average molecular weight is 395 g/mol. The van der Waals surface area contributed by atoms with Gasteiger partial charge in [-0.15, -0.1) is 6.58 Å². The number of carbonyl (C=O) groups excluding carboxylic acids is 2. The van der Waals surface area contributed by atoms with Crippen molar-refractivity contribution in [3.8, 4) is 0 Å². The predicted molar refractivity (Wildman–Crippen MR) is 93.6 cm³/mol. The second-order valence-corrected chi connectivity index (χ2v) is 6.48. The van der Waals surface area contributed by atoms with Gasteiger partial charge in [0.2, 0.25) is 11.8 Å². The molecule has 1 aliphatic heterocycles. The molecule has 1 fully saturated rings. The first-order valence-corrected chi connectivity index (χ1v) is 8.42. The Hall–Kier alpha value is -2.15. The van der Waals surface area contributed by atoms with Gasteiger partial charge in [0.05, 0.1) is 11.6 Å². The van der Waals surface area contributed by atoms with E-state index in [1.165, 1.54) is 0 Å². The van der Waals surface area contributed by atoms with E-state index >= 15 is 0 Å². The molecule has 2 atom stereocenters. The number of hydrogen-bond donors (Lipinski definition) is 2. The number of carboxylic acids is 1. The smallest absolute Gasteiger partial charge is 0.326 e. The molecule has 1 heterocycles. The minimum Gasteiger partial charge on any atom is -0.480 e. The SMILES string of the molecule is C=CCCC(NC(=O)C1CC(=O)N(c2ccccc2Br)C1)C(=O)O. The second kappa shape index (κ2) is 8.10. The van der Waals surface area contributed by atoms with Gasteiger partial charge in [-0.2, -0.15) is 0 Å². The number of nitrogens with one attached hydrogen (secondary N) is 1. The molecule has 1 saturated heterocycles. The molecule has 7 heteroatoms. The molecule has 0 aromatic heterocycles. The van der Waals surface area contributed by atoms with Gasteiger partial charge in [-0.3, -0.25) is 9.59 Å². The van der Waals surface area contributed by atoms with Crippen LogP contribution in [0.25, 0.3) is 0 Å². The summed E-state index contributed by atoms with van der Waals surface area (Å²) in [6.07, 6.45) is 2.44. The number of benzene rings is 1. The molecule has 6 nitrogen and oxygen atoms in total. The van der Waals surface area contributed by atoms with Crippen LogP contribution >= 0.6 is 15.9 Å². The lowest BCUT2D eigenvalue weighted by Gasteiger charge is -2.19. The van der Waals surface area contributed by atoms with E-state index in [1.54, 1.807) is 17.0 Å². The molecule has 128 valence electrons. The highest BCUT2D eigenvalue weighted by atomic mass is 79.9. The number of carboxylic acid groups (broad SMARTS) is 1. The standard InChI is InChI=1S/C17H19BrN2O4/c1-2-3-7-13(17(23)24)19-16(22)11-9-15(21)20(10-11)14-8-5-4-6-12(14)18/h2,4-6,8,11,13H,1,3,7,9-10H2,(H,19,22)(H,23,24). The Labute approximate surface area is 148 Å². The van der Waals surface area contributed by atoms with E-state index < -0.39 is 23.8 Å². The molecule has 0 saturated carbocycles. The van der Waals surface area contributed by atoms with Crippen molar-refractivity contribution in [2.24, 2.45) is 5.92 Å². The topological polar surface area (TPSA) is 86.7 Å². The van der Waals surface area contributed by atoms with Crippen LogP contribution in [0.4, 0.5) is 5.69 Å². The lowest BCUT2D eigenvalue weighted by molar-refractivity contribution is -0.142. The third kappa shape index (κ3) is 4.23. The summed E-state index contributed by atoms with van der Waals surface area (Å²) in [4.78, 5) is 37.3. The minimum atomic E-state index is -1.09. The van der Waals surface area contributed by atoms with Crippen molar-refractivity contribution in [2.75, 3.05) is 11.4 Å². The number of hydrogen-bond acceptors (Lipinski definition) is 3. The van der Waals surface area contributed by atoms with E-state index in [-0.39, 0.29) is 25.3 Å². The quantitative estimate of drug-likeness (QED) is 0.694. The maximum atomic E-state index is 12.3. The van der Waals surface area contributed by atoms with Gasteiger partial charge in [-0.1, -0.05) is 18.2 Å². The van der Waals surface area contributed by atoms with Crippen LogP contribution in [0.2, 0.25) is 0 Å². The van der Waals surface area contributed by atoms with Crippen LogP contribution in [-0.4, -0.2) is 35.5 Å². The lowest BCUT2D eigenvalue weighted by Crippen LogP contribution is -2.44. The molecule has 2 unspecified atom stereocenters. The molecule has 0 bridgehead atoms. The van der Waals surface area contributed by atoms with Crippen LogP contribution < -0.4 is 10.2 Å². The molecule has 1 aromatic carbocycles. The molecule has 0 radical (unpaired) electrons. The second-order valence-electron chi connectivity index (χ2n) is 5.62. The largest absolute Gasteiger partial charge is 0.480 e.